The van der Waals surface area contributed by atoms with Gasteiger partial charge in [-0.15, -0.1) is 0 Å². The topological polar surface area (TPSA) is 26.3 Å². The number of carbonyl (C=O) groups excluding carboxylic acids is 1. The maximum atomic E-state index is 13.3. The predicted octanol–water partition coefficient (Wildman–Crippen LogP) is 4.02. The standard InChI is InChI=1S/C13H19FO2Si/c1-13(2,3)17(4,5)16-12-7-10(9-15)6-11(14)8-12/h6-9H,1-5H3. The summed E-state index contributed by atoms with van der Waals surface area (Å²) in [4.78, 5) is 10.7. The Balaban J connectivity index is 3.03. The summed E-state index contributed by atoms with van der Waals surface area (Å²) in [6, 6.07) is 4.11. The number of carbonyl (C=O) groups is 1. The van der Waals surface area contributed by atoms with Crippen molar-refractivity contribution in [3.8, 4) is 5.75 Å². The monoisotopic (exact) mass is 254 g/mol. The number of benzene rings is 1. The van der Waals surface area contributed by atoms with Crippen molar-refractivity contribution in [3.05, 3.63) is 29.6 Å². The fraction of sp³-hybridized carbons (Fsp3) is 0.462. The molecule has 0 aliphatic rings. The zero-order valence-corrected chi connectivity index (χ0v) is 12.0. The number of halogens is 1. The van der Waals surface area contributed by atoms with Crippen molar-refractivity contribution in [2.24, 2.45) is 0 Å². The first kappa shape index (κ1) is 13.9. The van der Waals surface area contributed by atoms with Crippen LogP contribution in [0.1, 0.15) is 31.1 Å². The molecule has 0 aliphatic carbocycles. The first-order valence-electron chi connectivity index (χ1n) is 5.60. The Morgan fingerprint density at radius 2 is 1.82 bits per heavy atom. The van der Waals surface area contributed by atoms with Gasteiger partial charge in [0.1, 0.15) is 17.9 Å². The second-order valence-corrected chi connectivity index (χ2v) is 10.4. The van der Waals surface area contributed by atoms with Crippen LogP contribution in [0.3, 0.4) is 0 Å². The predicted molar refractivity (Wildman–Crippen MR) is 69.6 cm³/mol. The van der Waals surface area contributed by atoms with E-state index in [0.29, 0.717) is 17.6 Å². The summed E-state index contributed by atoms with van der Waals surface area (Å²) in [6.07, 6.45) is 0.627. The Bertz CT molecular complexity index is 422. The van der Waals surface area contributed by atoms with E-state index in [1.54, 1.807) is 6.07 Å². The van der Waals surface area contributed by atoms with Gasteiger partial charge in [0, 0.05) is 11.6 Å². The van der Waals surface area contributed by atoms with Gasteiger partial charge in [-0.05, 0) is 30.3 Å². The van der Waals surface area contributed by atoms with Crippen LogP contribution in [0.2, 0.25) is 18.1 Å². The first-order valence-corrected chi connectivity index (χ1v) is 8.51. The van der Waals surface area contributed by atoms with Crippen LogP contribution in [-0.4, -0.2) is 14.6 Å². The van der Waals surface area contributed by atoms with Crippen LogP contribution in [0.25, 0.3) is 0 Å². The van der Waals surface area contributed by atoms with E-state index in [9.17, 15) is 9.18 Å². The smallest absolute Gasteiger partial charge is 0.250 e. The van der Waals surface area contributed by atoms with Gasteiger partial charge in [-0.25, -0.2) is 4.39 Å². The molecule has 0 amide bonds. The normalized spacial score (nSPS) is 12.4. The summed E-state index contributed by atoms with van der Waals surface area (Å²) in [5.74, 6) is 0.00185. The highest BCUT2D eigenvalue weighted by Crippen LogP contribution is 2.37. The van der Waals surface area contributed by atoms with Gasteiger partial charge in [0.2, 0.25) is 8.32 Å². The SMILES string of the molecule is CC(C)(C)[Si](C)(C)Oc1cc(F)cc(C=O)c1. The van der Waals surface area contributed by atoms with E-state index in [2.05, 4.69) is 33.9 Å². The van der Waals surface area contributed by atoms with Crippen LogP contribution in [-0.2, 0) is 0 Å². The van der Waals surface area contributed by atoms with Gasteiger partial charge in [0.05, 0.1) is 0 Å². The highest BCUT2D eigenvalue weighted by Gasteiger charge is 2.39. The van der Waals surface area contributed by atoms with E-state index in [0.717, 1.165) is 0 Å². The Labute approximate surface area is 103 Å². The molecule has 0 atom stereocenters. The molecule has 1 aromatic carbocycles. The number of hydrogen-bond acceptors (Lipinski definition) is 2. The zero-order chi connectivity index (χ0) is 13.3. The van der Waals surface area contributed by atoms with E-state index in [1.165, 1.54) is 12.1 Å². The Kier molecular flexibility index (Phi) is 3.77. The van der Waals surface area contributed by atoms with Gasteiger partial charge in [0.15, 0.2) is 0 Å². The lowest BCUT2D eigenvalue weighted by atomic mass is 10.2. The Morgan fingerprint density at radius 1 is 1.24 bits per heavy atom. The van der Waals surface area contributed by atoms with Crippen LogP contribution >= 0.6 is 0 Å². The second kappa shape index (κ2) is 4.60. The van der Waals surface area contributed by atoms with Crippen molar-refractivity contribution < 1.29 is 13.6 Å². The van der Waals surface area contributed by atoms with Crippen molar-refractivity contribution in [3.63, 3.8) is 0 Å². The summed E-state index contributed by atoms with van der Waals surface area (Å²) >= 11 is 0. The molecule has 0 bridgehead atoms. The number of rotatable bonds is 3. The second-order valence-electron chi connectivity index (χ2n) is 5.70. The summed E-state index contributed by atoms with van der Waals surface area (Å²) in [5.41, 5.74) is 0.304. The van der Waals surface area contributed by atoms with Crippen molar-refractivity contribution in [2.45, 2.75) is 38.9 Å². The molecule has 0 aromatic heterocycles. The highest BCUT2D eigenvalue weighted by atomic mass is 28.4. The van der Waals surface area contributed by atoms with E-state index < -0.39 is 14.1 Å². The fourth-order valence-electron chi connectivity index (χ4n) is 1.16. The molecule has 0 heterocycles. The minimum Gasteiger partial charge on any atom is -0.543 e. The molecular formula is C13H19FO2Si. The van der Waals surface area contributed by atoms with Gasteiger partial charge < -0.3 is 4.43 Å². The average molecular weight is 254 g/mol. The van der Waals surface area contributed by atoms with Gasteiger partial charge in [0.25, 0.3) is 0 Å². The van der Waals surface area contributed by atoms with Crippen LogP contribution in [0.4, 0.5) is 4.39 Å². The molecule has 0 saturated carbocycles. The third-order valence-corrected chi connectivity index (χ3v) is 7.57. The third-order valence-electron chi connectivity index (χ3n) is 3.21. The third kappa shape index (κ3) is 3.39. The van der Waals surface area contributed by atoms with Crippen molar-refractivity contribution in [1.29, 1.82) is 0 Å². The van der Waals surface area contributed by atoms with Gasteiger partial charge in [-0.1, -0.05) is 20.8 Å². The molecular weight excluding hydrogens is 235 g/mol. The van der Waals surface area contributed by atoms with E-state index in [4.69, 9.17) is 4.43 Å². The molecule has 17 heavy (non-hydrogen) atoms. The first-order chi connectivity index (χ1) is 7.65. The molecule has 0 saturated heterocycles. The van der Waals surface area contributed by atoms with Crippen molar-refractivity contribution in [2.75, 3.05) is 0 Å². The molecule has 0 unspecified atom stereocenters. The highest BCUT2D eigenvalue weighted by molar-refractivity contribution is 6.74. The van der Waals surface area contributed by atoms with Crippen molar-refractivity contribution >= 4 is 14.6 Å². The van der Waals surface area contributed by atoms with Crippen LogP contribution in [0.5, 0.6) is 5.75 Å². The summed E-state index contributed by atoms with van der Waals surface area (Å²) < 4.78 is 19.2. The summed E-state index contributed by atoms with van der Waals surface area (Å²) in [7, 11) is -1.99. The van der Waals surface area contributed by atoms with Crippen LogP contribution < -0.4 is 4.43 Å². The average Bonchev–Trinajstić information content (AvgIpc) is 2.14. The van der Waals surface area contributed by atoms with E-state index >= 15 is 0 Å². The lowest BCUT2D eigenvalue weighted by molar-refractivity contribution is 0.112. The zero-order valence-electron chi connectivity index (χ0n) is 11.0. The lowest BCUT2D eigenvalue weighted by Gasteiger charge is -2.36. The van der Waals surface area contributed by atoms with Gasteiger partial charge >= 0.3 is 0 Å². The molecule has 4 heteroatoms. The Hall–Kier alpha value is -1.16. The van der Waals surface area contributed by atoms with Gasteiger partial charge in [-0.3, -0.25) is 4.79 Å². The summed E-state index contributed by atoms with van der Waals surface area (Å²) in [6.45, 7) is 10.5. The molecule has 0 aliphatic heterocycles. The molecule has 1 aromatic rings. The van der Waals surface area contributed by atoms with Crippen molar-refractivity contribution in [1.82, 2.24) is 0 Å². The number of hydrogen-bond donors (Lipinski definition) is 0. The molecule has 0 fully saturated rings. The maximum absolute atomic E-state index is 13.3. The number of aldehydes is 1. The minimum atomic E-state index is -1.99. The fourth-order valence-corrected chi connectivity index (χ4v) is 2.17. The maximum Gasteiger partial charge on any atom is 0.250 e. The van der Waals surface area contributed by atoms with Crippen LogP contribution in [0, 0.1) is 5.82 Å². The summed E-state index contributed by atoms with van der Waals surface area (Å²) in [5, 5.41) is 0.0423. The van der Waals surface area contributed by atoms with Gasteiger partial charge in [-0.2, -0.15) is 0 Å². The molecule has 0 N–H and O–H groups in total. The molecule has 1 rings (SSSR count). The molecule has 0 spiro atoms. The minimum absolute atomic E-state index is 0.0423. The largest absolute Gasteiger partial charge is 0.543 e. The lowest BCUT2D eigenvalue weighted by Crippen LogP contribution is -2.43. The molecule has 2 nitrogen and oxygen atoms in total. The Morgan fingerprint density at radius 3 is 2.29 bits per heavy atom. The van der Waals surface area contributed by atoms with Crippen LogP contribution in [0.15, 0.2) is 18.2 Å². The quantitative estimate of drug-likeness (QED) is 0.601. The van der Waals surface area contributed by atoms with E-state index in [1.807, 2.05) is 0 Å². The molecule has 0 radical (unpaired) electrons. The van der Waals surface area contributed by atoms with E-state index in [-0.39, 0.29) is 5.04 Å². The molecule has 94 valence electrons.